The van der Waals surface area contributed by atoms with E-state index in [0.29, 0.717) is 5.92 Å². The highest BCUT2D eigenvalue weighted by molar-refractivity contribution is 5.39. The van der Waals surface area contributed by atoms with Crippen LogP contribution in [0.1, 0.15) is 44.6 Å². The number of benzene rings is 1. The first-order valence-corrected chi connectivity index (χ1v) is 7.64. The summed E-state index contributed by atoms with van der Waals surface area (Å²) in [5.41, 5.74) is 7.64. The van der Waals surface area contributed by atoms with Crippen LogP contribution in [0.5, 0.6) is 5.75 Å². The highest BCUT2D eigenvalue weighted by Crippen LogP contribution is 2.49. The Bertz CT molecular complexity index is 480. The lowest BCUT2D eigenvalue weighted by Crippen LogP contribution is -2.52. The summed E-state index contributed by atoms with van der Waals surface area (Å²) in [6.07, 6.45) is 5.81. The fourth-order valence-electron chi connectivity index (χ4n) is 3.77. The van der Waals surface area contributed by atoms with Gasteiger partial charge in [-0.1, -0.05) is 18.2 Å². The number of ether oxygens (including phenoxy) is 2. The van der Waals surface area contributed by atoms with Gasteiger partial charge in [-0.2, -0.15) is 0 Å². The van der Waals surface area contributed by atoms with E-state index in [1.165, 1.54) is 19.3 Å². The average Bonchev–Trinajstić information content (AvgIpc) is 2.45. The first-order valence-electron chi connectivity index (χ1n) is 7.64. The lowest BCUT2D eigenvalue weighted by atomic mass is 9.66. The van der Waals surface area contributed by atoms with Crippen molar-refractivity contribution in [1.82, 2.24) is 0 Å². The van der Waals surface area contributed by atoms with Gasteiger partial charge in [0.1, 0.15) is 5.75 Å². The van der Waals surface area contributed by atoms with Gasteiger partial charge in [0.05, 0.1) is 12.7 Å². The highest BCUT2D eigenvalue weighted by atomic mass is 16.5. The van der Waals surface area contributed by atoms with Crippen LogP contribution >= 0.6 is 0 Å². The van der Waals surface area contributed by atoms with E-state index in [0.717, 1.165) is 30.8 Å². The van der Waals surface area contributed by atoms with Crippen molar-refractivity contribution in [2.75, 3.05) is 13.7 Å². The van der Waals surface area contributed by atoms with Crippen LogP contribution in [-0.2, 0) is 10.3 Å². The Morgan fingerprint density at radius 2 is 2.10 bits per heavy atom. The lowest BCUT2D eigenvalue weighted by molar-refractivity contribution is -0.152. The molecule has 2 unspecified atom stereocenters. The van der Waals surface area contributed by atoms with Gasteiger partial charge in [-0.05, 0) is 51.0 Å². The normalized spacial score (nSPS) is 27.6. The Balaban J connectivity index is 1.86. The van der Waals surface area contributed by atoms with Gasteiger partial charge in [-0.25, -0.2) is 0 Å². The number of rotatable bonds is 3. The molecule has 1 aliphatic heterocycles. The van der Waals surface area contributed by atoms with Crippen molar-refractivity contribution in [3.63, 3.8) is 0 Å². The Kier molecular flexibility index (Phi) is 3.51. The van der Waals surface area contributed by atoms with Crippen molar-refractivity contribution in [1.29, 1.82) is 0 Å². The molecule has 0 radical (unpaired) electrons. The van der Waals surface area contributed by atoms with Crippen molar-refractivity contribution in [3.05, 3.63) is 29.8 Å². The molecule has 0 bridgehead atoms. The Morgan fingerprint density at radius 1 is 1.35 bits per heavy atom. The zero-order chi connectivity index (χ0) is 14.2. The molecule has 1 aliphatic carbocycles. The van der Waals surface area contributed by atoms with E-state index in [1.54, 1.807) is 7.11 Å². The average molecular weight is 275 g/mol. The van der Waals surface area contributed by atoms with E-state index in [4.69, 9.17) is 15.2 Å². The largest absolute Gasteiger partial charge is 0.496 e. The molecule has 1 heterocycles. The van der Waals surface area contributed by atoms with Crippen molar-refractivity contribution >= 4 is 0 Å². The Morgan fingerprint density at radius 3 is 2.75 bits per heavy atom. The van der Waals surface area contributed by atoms with Crippen molar-refractivity contribution in [3.8, 4) is 5.75 Å². The fraction of sp³-hybridized carbons (Fsp3) is 0.647. The van der Waals surface area contributed by atoms with Gasteiger partial charge in [0, 0.05) is 17.7 Å². The molecular weight excluding hydrogens is 250 g/mol. The second-order valence-corrected chi connectivity index (χ2v) is 6.56. The summed E-state index contributed by atoms with van der Waals surface area (Å²) in [5, 5.41) is 0. The molecule has 0 aromatic heterocycles. The molecule has 2 N–H and O–H groups in total. The topological polar surface area (TPSA) is 44.5 Å². The van der Waals surface area contributed by atoms with Crippen LogP contribution in [-0.4, -0.2) is 19.3 Å². The third-order valence-corrected chi connectivity index (χ3v) is 5.29. The molecular formula is C17H25NO2. The van der Waals surface area contributed by atoms with Gasteiger partial charge in [0.15, 0.2) is 0 Å². The van der Waals surface area contributed by atoms with E-state index in [2.05, 4.69) is 13.0 Å². The SMILES string of the molecule is COc1ccccc1C(C)(N)C1CCOC2(CCC2)C1. The third-order valence-electron chi connectivity index (χ3n) is 5.29. The minimum Gasteiger partial charge on any atom is -0.496 e. The van der Waals surface area contributed by atoms with E-state index >= 15 is 0 Å². The number of hydrogen-bond donors (Lipinski definition) is 1. The molecule has 1 aromatic rings. The molecule has 2 atom stereocenters. The van der Waals surface area contributed by atoms with Crippen LogP contribution in [0.25, 0.3) is 0 Å². The van der Waals surface area contributed by atoms with Crippen LogP contribution in [0.3, 0.4) is 0 Å². The zero-order valence-corrected chi connectivity index (χ0v) is 12.5. The molecule has 0 amide bonds. The van der Waals surface area contributed by atoms with E-state index < -0.39 is 0 Å². The second kappa shape index (κ2) is 5.05. The maximum atomic E-state index is 6.75. The summed E-state index contributed by atoms with van der Waals surface area (Å²) < 4.78 is 11.5. The van der Waals surface area contributed by atoms with Crippen molar-refractivity contribution in [2.45, 2.75) is 50.2 Å². The predicted molar refractivity (Wildman–Crippen MR) is 79.8 cm³/mol. The molecule has 1 spiro atoms. The second-order valence-electron chi connectivity index (χ2n) is 6.56. The van der Waals surface area contributed by atoms with Gasteiger partial charge in [-0.15, -0.1) is 0 Å². The molecule has 1 saturated carbocycles. The minimum absolute atomic E-state index is 0.131. The number of hydrogen-bond acceptors (Lipinski definition) is 3. The first-order chi connectivity index (χ1) is 9.57. The summed E-state index contributed by atoms with van der Waals surface area (Å²) in [6.45, 7) is 2.99. The maximum absolute atomic E-state index is 6.75. The number of methoxy groups -OCH3 is 1. The molecule has 110 valence electrons. The molecule has 3 heteroatoms. The summed E-state index contributed by atoms with van der Waals surface area (Å²) in [6, 6.07) is 8.14. The first kappa shape index (κ1) is 13.9. The molecule has 20 heavy (non-hydrogen) atoms. The number of nitrogens with two attached hydrogens (primary N) is 1. The monoisotopic (exact) mass is 275 g/mol. The lowest BCUT2D eigenvalue weighted by Gasteiger charge is -2.50. The highest BCUT2D eigenvalue weighted by Gasteiger charge is 2.47. The quantitative estimate of drug-likeness (QED) is 0.921. The van der Waals surface area contributed by atoms with Gasteiger partial charge in [0.2, 0.25) is 0 Å². The fourth-order valence-corrected chi connectivity index (χ4v) is 3.77. The van der Waals surface area contributed by atoms with Gasteiger partial charge in [0.25, 0.3) is 0 Å². The number of para-hydroxylation sites is 1. The van der Waals surface area contributed by atoms with Crippen LogP contribution in [0.4, 0.5) is 0 Å². The molecule has 1 saturated heterocycles. The third kappa shape index (κ3) is 2.23. The van der Waals surface area contributed by atoms with Gasteiger partial charge >= 0.3 is 0 Å². The van der Waals surface area contributed by atoms with Crippen LogP contribution < -0.4 is 10.5 Å². The van der Waals surface area contributed by atoms with Gasteiger partial charge < -0.3 is 15.2 Å². The molecule has 3 nitrogen and oxygen atoms in total. The maximum Gasteiger partial charge on any atom is 0.123 e. The summed E-state index contributed by atoms with van der Waals surface area (Å²) >= 11 is 0. The van der Waals surface area contributed by atoms with Crippen molar-refractivity contribution in [2.24, 2.45) is 11.7 Å². The molecule has 2 aliphatic rings. The van der Waals surface area contributed by atoms with Crippen LogP contribution in [0.15, 0.2) is 24.3 Å². The van der Waals surface area contributed by atoms with Crippen LogP contribution in [0, 0.1) is 5.92 Å². The predicted octanol–water partition coefficient (Wildman–Crippen LogP) is 3.22. The Labute approximate surface area is 121 Å². The standard InChI is InChI=1S/C17H25NO2/c1-16(18,14-6-3-4-7-15(14)19-2)13-8-11-20-17(12-13)9-5-10-17/h3-4,6-7,13H,5,8-12,18H2,1-2H3. The van der Waals surface area contributed by atoms with Gasteiger partial charge in [-0.3, -0.25) is 0 Å². The smallest absolute Gasteiger partial charge is 0.123 e. The summed E-state index contributed by atoms with van der Waals surface area (Å²) in [5.74, 6) is 1.35. The van der Waals surface area contributed by atoms with E-state index in [1.807, 2.05) is 18.2 Å². The summed E-state index contributed by atoms with van der Waals surface area (Å²) in [4.78, 5) is 0. The van der Waals surface area contributed by atoms with Crippen molar-refractivity contribution < 1.29 is 9.47 Å². The molecule has 3 rings (SSSR count). The molecule has 2 fully saturated rings. The zero-order valence-electron chi connectivity index (χ0n) is 12.5. The minimum atomic E-state index is -0.362. The Hall–Kier alpha value is -1.06. The van der Waals surface area contributed by atoms with Crippen LogP contribution in [0.2, 0.25) is 0 Å². The summed E-state index contributed by atoms with van der Waals surface area (Å²) in [7, 11) is 1.71. The van der Waals surface area contributed by atoms with E-state index in [-0.39, 0.29) is 11.1 Å². The van der Waals surface area contributed by atoms with E-state index in [9.17, 15) is 0 Å². The molecule has 1 aromatic carbocycles.